The summed E-state index contributed by atoms with van der Waals surface area (Å²) < 4.78 is 5.51. The second-order valence-electron chi connectivity index (χ2n) is 5.50. The maximum Gasteiger partial charge on any atom is 0.307 e. The van der Waals surface area contributed by atoms with Crippen LogP contribution in [0.4, 0.5) is 0 Å². The van der Waals surface area contributed by atoms with Crippen molar-refractivity contribution in [3.63, 3.8) is 0 Å². The minimum Gasteiger partial charge on any atom is -0.481 e. The van der Waals surface area contributed by atoms with E-state index >= 15 is 0 Å². The number of rotatable bonds is 5. The third kappa shape index (κ3) is 2.50. The highest BCUT2D eigenvalue weighted by Gasteiger charge is 2.51. The molecule has 1 aromatic rings. The number of carbonyl (C=O) groups excluding carboxylic acids is 1. The van der Waals surface area contributed by atoms with Crippen molar-refractivity contribution in [2.45, 2.75) is 38.8 Å². The third-order valence-corrected chi connectivity index (χ3v) is 3.82. The second kappa shape index (κ2) is 4.40. The lowest BCUT2D eigenvalue weighted by atomic mass is 10.2. The van der Waals surface area contributed by atoms with E-state index in [1.54, 1.807) is 4.90 Å². The standard InChI is InChI=1S/C14H17NO4/c1-8-2-5-10(19-8)7-15(9-3-4-9)13(16)11-6-12(11)14(17)18/h2,5,9,11-12H,3-4,6-7H2,1H3,(H,17,18). The fraction of sp³-hybridized carbons (Fsp3) is 0.571. The topological polar surface area (TPSA) is 70.8 Å². The number of hydrogen-bond acceptors (Lipinski definition) is 3. The molecular weight excluding hydrogens is 246 g/mol. The van der Waals surface area contributed by atoms with Gasteiger partial charge < -0.3 is 14.4 Å². The molecule has 0 bridgehead atoms. The van der Waals surface area contributed by atoms with E-state index in [1.807, 2.05) is 19.1 Å². The Hall–Kier alpha value is -1.78. The molecule has 2 fully saturated rings. The Balaban J connectivity index is 1.68. The molecule has 19 heavy (non-hydrogen) atoms. The Labute approximate surface area is 111 Å². The molecule has 3 rings (SSSR count). The van der Waals surface area contributed by atoms with Crippen molar-refractivity contribution in [1.82, 2.24) is 4.90 Å². The quantitative estimate of drug-likeness (QED) is 0.879. The van der Waals surface area contributed by atoms with Crippen LogP contribution in [0.5, 0.6) is 0 Å². The lowest BCUT2D eigenvalue weighted by molar-refractivity contribution is -0.142. The highest BCUT2D eigenvalue weighted by atomic mass is 16.4. The van der Waals surface area contributed by atoms with Crippen molar-refractivity contribution in [2.24, 2.45) is 11.8 Å². The molecule has 1 amide bonds. The molecule has 2 unspecified atom stereocenters. The average molecular weight is 263 g/mol. The summed E-state index contributed by atoms with van der Waals surface area (Å²) in [6.45, 7) is 2.33. The fourth-order valence-electron chi connectivity index (χ4n) is 2.47. The maximum absolute atomic E-state index is 12.3. The summed E-state index contributed by atoms with van der Waals surface area (Å²) in [5.41, 5.74) is 0. The molecule has 1 aromatic heterocycles. The van der Waals surface area contributed by atoms with Gasteiger partial charge in [0.25, 0.3) is 0 Å². The molecule has 0 aromatic carbocycles. The molecule has 102 valence electrons. The fourth-order valence-corrected chi connectivity index (χ4v) is 2.47. The number of carboxylic acid groups (broad SMARTS) is 1. The van der Waals surface area contributed by atoms with Crippen LogP contribution in [0, 0.1) is 18.8 Å². The van der Waals surface area contributed by atoms with Gasteiger partial charge in [0.2, 0.25) is 5.91 Å². The van der Waals surface area contributed by atoms with Crippen LogP contribution in [-0.2, 0) is 16.1 Å². The lowest BCUT2D eigenvalue weighted by Gasteiger charge is -2.21. The van der Waals surface area contributed by atoms with E-state index < -0.39 is 11.9 Å². The van der Waals surface area contributed by atoms with Crippen LogP contribution in [0.15, 0.2) is 16.5 Å². The first-order chi connectivity index (χ1) is 9.06. The Morgan fingerprint density at radius 3 is 2.58 bits per heavy atom. The van der Waals surface area contributed by atoms with Crippen molar-refractivity contribution < 1.29 is 19.1 Å². The first-order valence-electron chi connectivity index (χ1n) is 6.65. The highest BCUT2D eigenvalue weighted by Crippen LogP contribution is 2.42. The zero-order valence-electron chi connectivity index (χ0n) is 10.8. The van der Waals surface area contributed by atoms with Gasteiger partial charge in [-0.2, -0.15) is 0 Å². The van der Waals surface area contributed by atoms with E-state index in [-0.39, 0.29) is 17.9 Å². The second-order valence-corrected chi connectivity index (χ2v) is 5.50. The van der Waals surface area contributed by atoms with Crippen LogP contribution in [0.25, 0.3) is 0 Å². The van der Waals surface area contributed by atoms with Crippen LogP contribution in [0.1, 0.15) is 30.8 Å². The molecule has 0 aliphatic heterocycles. The maximum atomic E-state index is 12.3. The molecule has 1 N–H and O–H groups in total. The highest BCUT2D eigenvalue weighted by molar-refractivity contribution is 5.89. The number of nitrogens with zero attached hydrogens (tertiary/aromatic N) is 1. The smallest absolute Gasteiger partial charge is 0.307 e. The van der Waals surface area contributed by atoms with Crippen LogP contribution in [0.2, 0.25) is 0 Å². The van der Waals surface area contributed by atoms with Crippen molar-refractivity contribution in [1.29, 1.82) is 0 Å². The van der Waals surface area contributed by atoms with Gasteiger partial charge in [-0.15, -0.1) is 0 Å². The number of aryl methyl sites for hydroxylation is 1. The van der Waals surface area contributed by atoms with Crippen molar-refractivity contribution >= 4 is 11.9 Å². The molecule has 0 saturated heterocycles. The zero-order chi connectivity index (χ0) is 13.6. The van der Waals surface area contributed by atoms with Gasteiger partial charge in [0.05, 0.1) is 18.4 Å². The van der Waals surface area contributed by atoms with Crippen LogP contribution < -0.4 is 0 Å². The number of carbonyl (C=O) groups is 2. The normalized spacial score (nSPS) is 25.1. The number of aliphatic carboxylic acids is 1. The molecule has 2 atom stereocenters. The van der Waals surface area contributed by atoms with Crippen LogP contribution in [0.3, 0.4) is 0 Å². The average Bonchev–Trinajstić information content (AvgIpc) is 3.23. The predicted octanol–water partition coefficient (Wildman–Crippen LogP) is 1.80. The molecule has 0 spiro atoms. The van der Waals surface area contributed by atoms with E-state index in [0.29, 0.717) is 13.0 Å². The number of carboxylic acids is 1. The molecule has 2 saturated carbocycles. The van der Waals surface area contributed by atoms with Crippen LogP contribution in [-0.4, -0.2) is 27.9 Å². The van der Waals surface area contributed by atoms with Gasteiger partial charge in [-0.05, 0) is 38.3 Å². The van der Waals surface area contributed by atoms with Gasteiger partial charge in [-0.25, -0.2) is 0 Å². The van der Waals surface area contributed by atoms with Gasteiger partial charge in [-0.3, -0.25) is 9.59 Å². The summed E-state index contributed by atoms with van der Waals surface area (Å²) in [5, 5.41) is 8.91. The van der Waals surface area contributed by atoms with Crippen molar-refractivity contribution in [3.8, 4) is 0 Å². The summed E-state index contributed by atoms with van der Waals surface area (Å²) in [5.74, 6) is -0.0913. The summed E-state index contributed by atoms with van der Waals surface area (Å²) >= 11 is 0. The largest absolute Gasteiger partial charge is 0.481 e. The van der Waals surface area contributed by atoms with Crippen LogP contribution >= 0.6 is 0 Å². The third-order valence-electron chi connectivity index (χ3n) is 3.82. The summed E-state index contributed by atoms with van der Waals surface area (Å²) in [6, 6.07) is 4.02. The predicted molar refractivity (Wildman–Crippen MR) is 66.2 cm³/mol. The monoisotopic (exact) mass is 263 g/mol. The minimum absolute atomic E-state index is 0.0241. The molecular formula is C14H17NO4. The molecule has 2 aliphatic rings. The van der Waals surface area contributed by atoms with Gasteiger partial charge in [0.15, 0.2) is 0 Å². The molecule has 0 radical (unpaired) electrons. The summed E-state index contributed by atoms with van der Waals surface area (Å²) in [7, 11) is 0. The summed E-state index contributed by atoms with van der Waals surface area (Å²) in [4.78, 5) is 25.0. The SMILES string of the molecule is Cc1ccc(CN(C(=O)C2CC2C(=O)O)C2CC2)o1. The van der Waals surface area contributed by atoms with E-state index in [4.69, 9.17) is 9.52 Å². The van der Waals surface area contributed by atoms with E-state index in [1.165, 1.54) is 0 Å². The first-order valence-corrected chi connectivity index (χ1v) is 6.65. The Morgan fingerprint density at radius 1 is 1.37 bits per heavy atom. The van der Waals surface area contributed by atoms with Gasteiger partial charge in [0.1, 0.15) is 11.5 Å². The van der Waals surface area contributed by atoms with E-state index in [0.717, 1.165) is 24.4 Å². The molecule has 2 aliphatic carbocycles. The van der Waals surface area contributed by atoms with Crippen molar-refractivity contribution in [3.05, 3.63) is 23.7 Å². The summed E-state index contributed by atoms with van der Waals surface area (Å²) in [6.07, 6.45) is 2.50. The first kappa shape index (κ1) is 12.3. The minimum atomic E-state index is -0.858. The zero-order valence-corrected chi connectivity index (χ0v) is 10.8. The Bertz CT molecular complexity index is 517. The van der Waals surface area contributed by atoms with Gasteiger partial charge in [-0.1, -0.05) is 0 Å². The lowest BCUT2D eigenvalue weighted by Crippen LogP contribution is -2.34. The number of amides is 1. The van der Waals surface area contributed by atoms with Gasteiger partial charge in [0, 0.05) is 6.04 Å². The molecule has 5 heteroatoms. The molecule has 1 heterocycles. The number of furan rings is 1. The number of hydrogen-bond donors (Lipinski definition) is 1. The Kier molecular flexibility index (Phi) is 2.84. The Morgan fingerprint density at radius 2 is 2.11 bits per heavy atom. The van der Waals surface area contributed by atoms with Crippen molar-refractivity contribution in [2.75, 3.05) is 0 Å². The van der Waals surface area contributed by atoms with E-state index in [9.17, 15) is 9.59 Å². The molecule has 5 nitrogen and oxygen atoms in total. The van der Waals surface area contributed by atoms with Gasteiger partial charge >= 0.3 is 5.97 Å². The van der Waals surface area contributed by atoms with E-state index in [2.05, 4.69) is 0 Å².